The van der Waals surface area contributed by atoms with Gasteiger partial charge in [-0.25, -0.2) is 4.68 Å². The number of likely N-dealkylation sites (tertiary alicyclic amines) is 1. The summed E-state index contributed by atoms with van der Waals surface area (Å²) in [7, 11) is 0. The second-order valence-corrected chi connectivity index (χ2v) is 7.01. The number of carbonyl (C=O) groups is 1. The Bertz CT molecular complexity index is 882. The van der Waals surface area contributed by atoms with Crippen LogP contribution in [0.2, 0.25) is 5.02 Å². The topological polar surface area (TPSA) is 122 Å². The maximum Gasteiger partial charge on any atom is 0.294 e. The van der Waals surface area contributed by atoms with Crippen LogP contribution < -0.4 is 0 Å². The summed E-state index contributed by atoms with van der Waals surface area (Å²) in [5.74, 6) is -0.851. The average Bonchev–Trinajstić information content (AvgIpc) is 3.20. The third kappa shape index (κ3) is 3.88. The van der Waals surface area contributed by atoms with E-state index < -0.39 is 16.9 Å². The minimum absolute atomic E-state index is 0.0452. The standard InChI is InChI=1S/C17H19ClN4O5/c1-10(23)7-12-3-2-6-20(12)17(25)16-15(24)9-21(19-16)14-8-11(18)4-5-13(14)22(26)27/h4-5,8-10,12,23-24H,2-3,6-7H2,1H3/t10-,12-/m0/s1. The molecule has 1 aliphatic rings. The Hall–Kier alpha value is -2.65. The van der Waals surface area contributed by atoms with E-state index in [9.17, 15) is 25.1 Å². The van der Waals surface area contributed by atoms with E-state index in [4.69, 9.17) is 11.6 Å². The van der Waals surface area contributed by atoms with Gasteiger partial charge in [0, 0.05) is 23.7 Å². The van der Waals surface area contributed by atoms with Crippen LogP contribution in [0.4, 0.5) is 5.69 Å². The molecule has 1 fully saturated rings. The van der Waals surface area contributed by atoms with Crippen molar-refractivity contribution in [1.82, 2.24) is 14.7 Å². The van der Waals surface area contributed by atoms with Crippen LogP contribution in [0.3, 0.4) is 0 Å². The second-order valence-electron chi connectivity index (χ2n) is 6.58. The number of aliphatic hydroxyl groups is 1. The van der Waals surface area contributed by atoms with Crippen molar-refractivity contribution in [3.05, 3.63) is 45.2 Å². The highest BCUT2D eigenvalue weighted by molar-refractivity contribution is 6.30. The molecule has 0 saturated carbocycles. The quantitative estimate of drug-likeness (QED) is 0.593. The van der Waals surface area contributed by atoms with Crippen molar-refractivity contribution in [3.63, 3.8) is 0 Å². The lowest BCUT2D eigenvalue weighted by Crippen LogP contribution is -2.37. The molecule has 3 rings (SSSR count). The molecular weight excluding hydrogens is 376 g/mol. The van der Waals surface area contributed by atoms with E-state index in [1.54, 1.807) is 11.8 Å². The first-order chi connectivity index (χ1) is 12.8. The highest BCUT2D eigenvalue weighted by Crippen LogP contribution is 2.30. The van der Waals surface area contributed by atoms with Crippen molar-refractivity contribution in [3.8, 4) is 11.4 Å². The number of nitro benzene ring substituents is 1. The van der Waals surface area contributed by atoms with Gasteiger partial charge in [0.15, 0.2) is 11.4 Å². The summed E-state index contributed by atoms with van der Waals surface area (Å²) in [6, 6.07) is 3.81. The number of rotatable bonds is 5. The number of aromatic hydroxyl groups is 1. The lowest BCUT2D eigenvalue weighted by atomic mass is 10.1. The van der Waals surface area contributed by atoms with E-state index in [1.807, 2.05) is 0 Å². The zero-order chi connectivity index (χ0) is 19.7. The molecule has 1 saturated heterocycles. The van der Waals surface area contributed by atoms with Crippen molar-refractivity contribution in [2.75, 3.05) is 6.54 Å². The number of aliphatic hydroxyl groups excluding tert-OH is 1. The summed E-state index contributed by atoms with van der Waals surface area (Å²) in [4.78, 5) is 25.1. The normalized spacial score (nSPS) is 17.9. The van der Waals surface area contributed by atoms with Gasteiger partial charge in [0.1, 0.15) is 5.69 Å². The van der Waals surface area contributed by atoms with Gasteiger partial charge in [0.25, 0.3) is 11.6 Å². The highest BCUT2D eigenvalue weighted by atomic mass is 35.5. The molecule has 0 radical (unpaired) electrons. The molecule has 10 heteroatoms. The Kier molecular flexibility index (Phi) is 5.33. The summed E-state index contributed by atoms with van der Waals surface area (Å²) < 4.78 is 1.08. The van der Waals surface area contributed by atoms with E-state index in [2.05, 4.69) is 5.10 Å². The largest absolute Gasteiger partial charge is 0.504 e. The molecule has 2 aromatic rings. The van der Waals surface area contributed by atoms with E-state index in [0.717, 1.165) is 23.7 Å². The molecule has 1 amide bonds. The third-order valence-corrected chi connectivity index (χ3v) is 4.76. The van der Waals surface area contributed by atoms with Crippen molar-refractivity contribution < 1.29 is 19.9 Å². The Morgan fingerprint density at radius 2 is 2.26 bits per heavy atom. The molecule has 1 aliphatic heterocycles. The van der Waals surface area contributed by atoms with E-state index >= 15 is 0 Å². The van der Waals surface area contributed by atoms with E-state index in [-0.39, 0.29) is 33.9 Å². The Morgan fingerprint density at radius 3 is 2.93 bits per heavy atom. The molecule has 27 heavy (non-hydrogen) atoms. The minimum Gasteiger partial charge on any atom is -0.504 e. The smallest absolute Gasteiger partial charge is 0.294 e. The van der Waals surface area contributed by atoms with Crippen molar-refractivity contribution >= 4 is 23.2 Å². The number of amides is 1. The van der Waals surface area contributed by atoms with Gasteiger partial charge < -0.3 is 15.1 Å². The number of benzene rings is 1. The average molecular weight is 395 g/mol. The van der Waals surface area contributed by atoms with Crippen LogP contribution in [-0.2, 0) is 0 Å². The van der Waals surface area contributed by atoms with Crippen molar-refractivity contribution in [2.45, 2.75) is 38.3 Å². The van der Waals surface area contributed by atoms with Gasteiger partial charge in [-0.2, -0.15) is 5.10 Å². The molecule has 0 unspecified atom stereocenters. The van der Waals surface area contributed by atoms with Crippen LogP contribution in [-0.4, -0.2) is 54.4 Å². The number of hydrogen-bond donors (Lipinski definition) is 2. The Balaban J connectivity index is 1.95. The predicted octanol–water partition coefficient (Wildman–Crippen LogP) is 2.52. The molecule has 9 nitrogen and oxygen atoms in total. The van der Waals surface area contributed by atoms with E-state index in [1.165, 1.54) is 18.2 Å². The number of hydrogen-bond acceptors (Lipinski definition) is 6. The molecule has 144 valence electrons. The van der Waals surface area contributed by atoms with Crippen molar-refractivity contribution in [1.29, 1.82) is 0 Å². The summed E-state index contributed by atoms with van der Waals surface area (Å²) in [5.41, 5.74) is -0.403. The van der Waals surface area contributed by atoms with Gasteiger partial charge in [-0.05, 0) is 38.3 Å². The zero-order valence-electron chi connectivity index (χ0n) is 14.6. The van der Waals surface area contributed by atoms with Gasteiger partial charge in [0.05, 0.1) is 17.2 Å². The molecule has 0 aliphatic carbocycles. The maximum atomic E-state index is 12.8. The lowest BCUT2D eigenvalue weighted by molar-refractivity contribution is -0.384. The molecule has 2 atom stereocenters. The summed E-state index contributed by atoms with van der Waals surface area (Å²) >= 11 is 5.93. The number of nitro groups is 1. The number of nitrogens with zero attached hydrogens (tertiary/aromatic N) is 4. The van der Waals surface area contributed by atoms with Gasteiger partial charge in [-0.3, -0.25) is 14.9 Å². The number of aromatic nitrogens is 2. The van der Waals surface area contributed by atoms with Crippen LogP contribution in [0.1, 0.15) is 36.7 Å². The fourth-order valence-corrected chi connectivity index (χ4v) is 3.52. The van der Waals surface area contributed by atoms with Gasteiger partial charge >= 0.3 is 0 Å². The monoisotopic (exact) mass is 394 g/mol. The Morgan fingerprint density at radius 1 is 1.52 bits per heavy atom. The van der Waals surface area contributed by atoms with Crippen LogP contribution in [0.15, 0.2) is 24.4 Å². The first-order valence-corrected chi connectivity index (χ1v) is 8.87. The molecule has 2 heterocycles. The fourth-order valence-electron chi connectivity index (χ4n) is 3.35. The maximum absolute atomic E-state index is 12.8. The lowest BCUT2D eigenvalue weighted by Gasteiger charge is -2.24. The molecular formula is C17H19ClN4O5. The minimum atomic E-state index is -0.592. The van der Waals surface area contributed by atoms with E-state index in [0.29, 0.717) is 13.0 Å². The van der Waals surface area contributed by atoms with Crippen molar-refractivity contribution in [2.24, 2.45) is 0 Å². The van der Waals surface area contributed by atoms with Crippen LogP contribution in [0, 0.1) is 10.1 Å². The van der Waals surface area contributed by atoms with Crippen LogP contribution in [0.25, 0.3) is 5.69 Å². The predicted molar refractivity (Wildman–Crippen MR) is 97.2 cm³/mol. The summed E-state index contributed by atoms with van der Waals surface area (Å²) in [5, 5.41) is 35.4. The Labute approximate surface area is 159 Å². The number of carbonyl (C=O) groups excluding carboxylic acids is 1. The highest BCUT2D eigenvalue weighted by Gasteiger charge is 2.33. The molecule has 0 bridgehead atoms. The van der Waals surface area contributed by atoms with Crippen LogP contribution >= 0.6 is 11.6 Å². The summed E-state index contributed by atoms with van der Waals surface area (Å²) in [6.45, 7) is 2.16. The first-order valence-electron chi connectivity index (χ1n) is 8.50. The van der Waals surface area contributed by atoms with Gasteiger partial charge in [0.2, 0.25) is 0 Å². The zero-order valence-corrected chi connectivity index (χ0v) is 15.3. The second kappa shape index (κ2) is 7.53. The molecule has 1 aromatic carbocycles. The summed E-state index contributed by atoms with van der Waals surface area (Å²) in [6.07, 6.45) is 2.59. The van der Waals surface area contributed by atoms with Gasteiger partial charge in [-0.15, -0.1) is 0 Å². The molecule has 0 spiro atoms. The molecule has 1 aromatic heterocycles. The molecule has 2 N–H and O–H groups in total. The van der Waals surface area contributed by atoms with Crippen LogP contribution in [0.5, 0.6) is 5.75 Å². The number of halogens is 1. The first kappa shape index (κ1) is 19.1. The van der Waals surface area contributed by atoms with Gasteiger partial charge in [-0.1, -0.05) is 11.6 Å². The SMILES string of the molecule is C[C@H](O)C[C@@H]1CCCN1C(=O)c1nn(-c2cc(Cl)ccc2[N+](=O)[O-])cc1O. The fraction of sp³-hybridized carbons (Fsp3) is 0.412. The third-order valence-electron chi connectivity index (χ3n) is 4.53.